The van der Waals surface area contributed by atoms with Gasteiger partial charge in [-0.25, -0.2) is 0 Å². The number of rotatable bonds is 2. The Morgan fingerprint density at radius 2 is 2.06 bits per heavy atom. The van der Waals surface area contributed by atoms with Crippen molar-refractivity contribution in [1.29, 1.82) is 0 Å². The monoisotopic (exact) mass is 252 g/mol. The van der Waals surface area contributed by atoms with Gasteiger partial charge in [0.15, 0.2) is 0 Å². The molecule has 2 amide bonds. The van der Waals surface area contributed by atoms with E-state index < -0.39 is 5.24 Å². The summed E-state index contributed by atoms with van der Waals surface area (Å²) in [5.74, 6) is -0.0535. The summed E-state index contributed by atoms with van der Waals surface area (Å²) in [5.41, 5.74) is 1.45. The molecule has 90 valence electrons. The maximum atomic E-state index is 11.6. The number of anilines is 2. The third kappa shape index (κ3) is 2.98. The minimum Gasteiger partial charge on any atom is -0.370 e. The van der Waals surface area contributed by atoms with Gasteiger partial charge in [-0.2, -0.15) is 0 Å². The number of amides is 2. The van der Waals surface area contributed by atoms with Crippen LogP contribution in [0.15, 0.2) is 24.3 Å². The SMILES string of the molecule is O=C(S)Nc1ccc(N2CCOCC2=O)cc1. The number of hydrogen-bond acceptors (Lipinski definition) is 3. The Balaban J connectivity index is 2.11. The van der Waals surface area contributed by atoms with Crippen molar-refractivity contribution in [2.45, 2.75) is 0 Å². The van der Waals surface area contributed by atoms with Gasteiger partial charge in [0.25, 0.3) is 11.1 Å². The van der Waals surface area contributed by atoms with E-state index in [1.54, 1.807) is 29.2 Å². The highest BCUT2D eigenvalue weighted by Crippen LogP contribution is 2.19. The van der Waals surface area contributed by atoms with Crippen LogP contribution in [0, 0.1) is 0 Å². The molecule has 17 heavy (non-hydrogen) atoms. The van der Waals surface area contributed by atoms with Crippen molar-refractivity contribution >= 4 is 35.1 Å². The molecule has 1 N–H and O–H groups in total. The van der Waals surface area contributed by atoms with Gasteiger partial charge in [0, 0.05) is 17.9 Å². The number of nitrogens with zero attached hydrogens (tertiary/aromatic N) is 1. The summed E-state index contributed by atoms with van der Waals surface area (Å²) in [7, 11) is 0. The average molecular weight is 252 g/mol. The van der Waals surface area contributed by atoms with E-state index in [1.807, 2.05) is 0 Å². The molecular weight excluding hydrogens is 240 g/mol. The minimum absolute atomic E-state index is 0.0535. The van der Waals surface area contributed by atoms with Crippen LogP contribution in [0.3, 0.4) is 0 Å². The molecule has 0 radical (unpaired) electrons. The second-order valence-electron chi connectivity index (χ2n) is 3.57. The van der Waals surface area contributed by atoms with Crippen LogP contribution in [0.2, 0.25) is 0 Å². The molecule has 0 aromatic heterocycles. The van der Waals surface area contributed by atoms with Crippen molar-refractivity contribution in [2.75, 3.05) is 30.0 Å². The molecule has 1 fully saturated rings. The molecule has 1 aliphatic rings. The van der Waals surface area contributed by atoms with Gasteiger partial charge in [0.1, 0.15) is 6.61 Å². The fraction of sp³-hybridized carbons (Fsp3) is 0.273. The highest BCUT2D eigenvalue weighted by Gasteiger charge is 2.19. The number of thiol groups is 1. The van der Waals surface area contributed by atoms with E-state index in [2.05, 4.69) is 17.9 Å². The zero-order chi connectivity index (χ0) is 12.3. The van der Waals surface area contributed by atoms with Crippen LogP contribution in [-0.4, -0.2) is 30.9 Å². The number of carbonyl (C=O) groups excluding carboxylic acids is 2. The summed E-state index contributed by atoms with van der Waals surface area (Å²) in [6.07, 6.45) is 0. The van der Waals surface area contributed by atoms with E-state index in [-0.39, 0.29) is 12.5 Å². The second-order valence-corrected chi connectivity index (χ2v) is 3.98. The summed E-state index contributed by atoms with van der Waals surface area (Å²) < 4.78 is 5.05. The van der Waals surface area contributed by atoms with Gasteiger partial charge in [-0.3, -0.25) is 9.59 Å². The van der Waals surface area contributed by atoms with Crippen molar-refractivity contribution in [3.8, 4) is 0 Å². The first kappa shape index (κ1) is 11.9. The molecule has 1 aromatic carbocycles. The third-order valence-corrected chi connectivity index (χ3v) is 2.53. The van der Waals surface area contributed by atoms with Crippen molar-refractivity contribution in [1.82, 2.24) is 0 Å². The van der Waals surface area contributed by atoms with Gasteiger partial charge in [-0.15, -0.1) is 0 Å². The third-order valence-electron chi connectivity index (χ3n) is 2.42. The molecular formula is C11H12N2O3S. The highest BCUT2D eigenvalue weighted by atomic mass is 32.1. The van der Waals surface area contributed by atoms with E-state index >= 15 is 0 Å². The number of morpholine rings is 1. The lowest BCUT2D eigenvalue weighted by atomic mass is 10.2. The first-order chi connectivity index (χ1) is 8.16. The Hall–Kier alpha value is -1.53. The van der Waals surface area contributed by atoms with E-state index in [9.17, 15) is 9.59 Å². The molecule has 0 saturated carbocycles. The highest BCUT2D eigenvalue weighted by molar-refractivity contribution is 7.96. The van der Waals surface area contributed by atoms with Crippen LogP contribution in [0.5, 0.6) is 0 Å². The molecule has 0 bridgehead atoms. The van der Waals surface area contributed by atoms with E-state index in [0.717, 1.165) is 5.69 Å². The summed E-state index contributed by atoms with van der Waals surface area (Å²) in [5, 5.41) is 2.13. The number of carbonyl (C=O) groups is 2. The fourth-order valence-corrected chi connectivity index (χ4v) is 1.77. The summed E-state index contributed by atoms with van der Waals surface area (Å²) in [6.45, 7) is 1.22. The number of benzene rings is 1. The van der Waals surface area contributed by atoms with Gasteiger partial charge in [0.2, 0.25) is 0 Å². The Labute approximate surface area is 104 Å². The molecule has 1 saturated heterocycles. The first-order valence-electron chi connectivity index (χ1n) is 5.15. The molecule has 2 rings (SSSR count). The predicted octanol–water partition coefficient (Wildman–Crippen LogP) is 1.51. The minimum atomic E-state index is -0.416. The normalized spacial score (nSPS) is 15.8. The zero-order valence-electron chi connectivity index (χ0n) is 9.05. The molecule has 1 heterocycles. The van der Waals surface area contributed by atoms with Gasteiger partial charge < -0.3 is 15.0 Å². The zero-order valence-corrected chi connectivity index (χ0v) is 9.94. The number of ether oxygens (including phenoxy) is 1. The van der Waals surface area contributed by atoms with Crippen molar-refractivity contribution in [2.24, 2.45) is 0 Å². The van der Waals surface area contributed by atoms with Crippen LogP contribution in [0.1, 0.15) is 0 Å². The van der Waals surface area contributed by atoms with Crippen LogP contribution < -0.4 is 10.2 Å². The fourth-order valence-electron chi connectivity index (χ4n) is 1.64. The van der Waals surface area contributed by atoms with Crippen molar-refractivity contribution in [3.63, 3.8) is 0 Å². The maximum Gasteiger partial charge on any atom is 0.280 e. The summed E-state index contributed by atoms with van der Waals surface area (Å²) in [6, 6.07) is 7.02. The predicted molar refractivity (Wildman–Crippen MR) is 67.6 cm³/mol. The topological polar surface area (TPSA) is 58.6 Å². The van der Waals surface area contributed by atoms with E-state index in [1.165, 1.54) is 0 Å². The summed E-state index contributed by atoms with van der Waals surface area (Å²) >= 11 is 3.62. The first-order valence-corrected chi connectivity index (χ1v) is 5.59. The maximum absolute atomic E-state index is 11.6. The van der Waals surface area contributed by atoms with Gasteiger partial charge in [-0.1, -0.05) is 12.6 Å². The lowest BCUT2D eigenvalue weighted by molar-refractivity contribution is -0.125. The van der Waals surface area contributed by atoms with E-state index in [0.29, 0.717) is 18.8 Å². The molecule has 6 heteroatoms. The molecule has 0 unspecified atom stereocenters. The molecule has 0 aliphatic carbocycles. The smallest absolute Gasteiger partial charge is 0.280 e. The van der Waals surface area contributed by atoms with Crippen LogP contribution in [0.4, 0.5) is 16.2 Å². The van der Waals surface area contributed by atoms with Gasteiger partial charge in [0.05, 0.1) is 6.61 Å². The van der Waals surface area contributed by atoms with Crippen LogP contribution in [-0.2, 0) is 9.53 Å². The molecule has 1 aliphatic heterocycles. The Morgan fingerprint density at radius 1 is 1.35 bits per heavy atom. The molecule has 0 spiro atoms. The Kier molecular flexibility index (Phi) is 3.65. The van der Waals surface area contributed by atoms with Crippen LogP contribution in [0.25, 0.3) is 0 Å². The number of hydrogen-bond donors (Lipinski definition) is 2. The molecule has 5 nitrogen and oxygen atoms in total. The quantitative estimate of drug-likeness (QED) is 0.784. The molecule has 1 aromatic rings. The van der Waals surface area contributed by atoms with Gasteiger partial charge >= 0.3 is 0 Å². The number of nitrogens with one attached hydrogen (secondary N) is 1. The summed E-state index contributed by atoms with van der Waals surface area (Å²) in [4.78, 5) is 24.0. The Morgan fingerprint density at radius 3 is 2.65 bits per heavy atom. The average Bonchev–Trinajstić information content (AvgIpc) is 2.30. The molecule has 0 atom stereocenters. The largest absolute Gasteiger partial charge is 0.370 e. The van der Waals surface area contributed by atoms with E-state index in [4.69, 9.17) is 4.74 Å². The second kappa shape index (κ2) is 5.20. The standard InChI is InChI=1S/C11H12N2O3S/c14-10-7-16-6-5-13(10)9-3-1-8(2-4-9)12-11(15)17/h1-4H,5-7H2,(H2,12,15,17). The van der Waals surface area contributed by atoms with Crippen molar-refractivity contribution < 1.29 is 14.3 Å². The van der Waals surface area contributed by atoms with Gasteiger partial charge in [-0.05, 0) is 24.3 Å². The lowest BCUT2D eigenvalue weighted by Crippen LogP contribution is -2.41. The lowest BCUT2D eigenvalue weighted by Gasteiger charge is -2.26. The Bertz CT molecular complexity index is 433. The van der Waals surface area contributed by atoms with Crippen molar-refractivity contribution in [3.05, 3.63) is 24.3 Å². The van der Waals surface area contributed by atoms with Crippen LogP contribution >= 0.6 is 12.6 Å².